The molecule has 1 aromatic heterocycles. The number of hydrogen-bond donors (Lipinski definition) is 1. The van der Waals surface area contributed by atoms with E-state index in [0.29, 0.717) is 12.8 Å². The highest BCUT2D eigenvalue weighted by atomic mass is 32.2. The number of sulfonamides is 1. The van der Waals surface area contributed by atoms with Crippen LogP contribution in [0.1, 0.15) is 42.1 Å². The topological polar surface area (TPSA) is 143 Å². The molecule has 0 saturated carbocycles. The van der Waals surface area contributed by atoms with E-state index < -0.39 is 57.6 Å². The zero-order valence-corrected chi connectivity index (χ0v) is 21.1. The second-order valence-corrected chi connectivity index (χ2v) is 10.7. The summed E-state index contributed by atoms with van der Waals surface area (Å²) in [6, 6.07) is 9.05. The Morgan fingerprint density at radius 3 is 2.59 bits per heavy atom. The van der Waals surface area contributed by atoms with Gasteiger partial charge >= 0.3 is 6.09 Å². The van der Waals surface area contributed by atoms with Crippen molar-refractivity contribution in [1.82, 2.24) is 19.5 Å². The Hall–Kier alpha value is -3.64. The first-order valence-corrected chi connectivity index (χ1v) is 13.4. The monoisotopic (exact) mass is 528 g/mol. The summed E-state index contributed by atoms with van der Waals surface area (Å²) in [6.07, 6.45) is 2.87. The van der Waals surface area contributed by atoms with Gasteiger partial charge in [0.25, 0.3) is 15.1 Å². The molecule has 3 heterocycles. The molecule has 3 unspecified atom stereocenters. The van der Waals surface area contributed by atoms with E-state index in [1.165, 1.54) is 23.2 Å². The molecular weight excluding hydrogens is 500 g/mol. The molecule has 2 fully saturated rings. The van der Waals surface area contributed by atoms with Crippen LogP contribution in [0.4, 0.5) is 4.79 Å². The van der Waals surface area contributed by atoms with Crippen molar-refractivity contribution in [2.75, 3.05) is 13.1 Å². The quantitative estimate of drug-likeness (QED) is 0.543. The number of nitrogens with one attached hydrogen (secondary N) is 1. The summed E-state index contributed by atoms with van der Waals surface area (Å²) in [7, 11) is -4.51. The third-order valence-electron chi connectivity index (χ3n) is 6.48. The number of ketones is 1. The van der Waals surface area contributed by atoms with Crippen molar-refractivity contribution < 1.29 is 32.3 Å². The van der Waals surface area contributed by atoms with Crippen LogP contribution >= 0.6 is 0 Å². The molecule has 0 spiro atoms. The van der Waals surface area contributed by atoms with Crippen molar-refractivity contribution in [1.29, 1.82) is 0 Å². The number of Topliss-reactive ketones (excluding diaryl/α,β-unsaturated/α-hetero) is 1. The highest BCUT2D eigenvalue weighted by molar-refractivity contribution is 8.04. The summed E-state index contributed by atoms with van der Waals surface area (Å²) in [5.74, 6) is -0.961. The lowest BCUT2D eigenvalue weighted by Crippen LogP contribution is -2.52. The van der Waals surface area contributed by atoms with E-state index in [2.05, 4.69) is 10.3 Å². The van der Waals surface area contributed by atoms with Gasteiger partial charge in [-0.25, -0.2) is 13.2 Å². The van der Waals surface area contributed by atoms with Gasteiger partial charge in [0.1, 0.15) is 18.7 Å². The fourth-order valence-corrected chi connectivity index (χ4v) is 6.24. The Morgan fingerprint density at radius 1 is 1.16 bits per heavy atom. The molecule has 2 aromatic rings. The van der Waals surface area contributed by atoms with E-state index in [1.54, 1.807) is 12.1 Å². The number of alkyl carbamates (subject to hydrolysis) is 1. The Morgan fingerprint density at radius 2 is 1.92 bits per heavy atom. The van der Waals surface area contributed by atoms with Gasteiger partial charge in [0.15, 0.2) is 5.78 Å². The third-order valence-corrected chi connectivity index (χ3v) is 8.20. The first-order chi connectivity index (χ1) is 17.7. The van der Waals surface area contributed by atoms with E-state index >= 15 is 0 Å². The molecule has 2 aliphatic heterocycles. The maximum absolute atomic E-state index is 13.4. The second kappa shape index (κ2) is 11.2. The van der Waals surface area contributed by atoms with Gasteiger partial charge < -0.3 is 15.0 Å². The largest absolute Gasteiger partial charge is 0.445 e. The SMILES string of the molecule is CCCC(NC(=O)OCc1ccccc1)C(=O)N1CCC2C1C(=O)CN2S(=O)(=O)C(=O)c1cccnc1. The average molecular weight is 529 g/mol. The van der Waals surface area contributed by atoms with Crippen molar-refractivity contribution >= 4 is 32.9 Å². The number of rotatable bonds is 8. The molecule has 37 heavy (non-hydrogen) atoms. The van der Waals surface area contributed by atoms with Crippen LogP contribution in [0.15, 0.2) is 54.9 Å². The lowest BCUT2D eigenvalue weighted by Gasteiger charge is -2.28. The molecule has 1 aromatic carbocycles. The van der Waals surface area contributed by atoms with Gasteiger partial charge in [-0.15, -0.1) is 0 Å². The number of nitrogens with zero attached hydrogens (tertiary/aromatic N) is 3. The predicted molar refractivity (Wildman–Crippen MR) is 132 cm³/mol. The van der Waals surface area contributed by atoms with Gasteiger partial charge in [-0.2, -0.15) is 4.31 Å². The average Bonchev–Trinajstić information content (AvgIpc) is 3.49. The van der Waals surface area contributed by atoms with Crippen LogP contribution in [-0.2, 0) is 31.0 Å². The number of carbonyl (C=O) groups is 4. The van der Waals surface area contributed by atoms with E-state index in [0.717, 1.165) is 16.1 Å². The number of fused-ring (bicyclic) bond motifs is 1. The van der Waals surface area contributed by atoms with Crippen LogP contribution < -0.4 is 5.32 Å². The highest BCUT2D eigenvalue weighted by Gasteiger charge is 2.55. The first-order valence-electron chi connectivity index (χ1n) is 12.0. The summed E-state index contributed by atoms with van der Waals surface area (Å²) in [6.45, 7) is 1.50. The Kier molecular flexibility index (Phi) is 7.98. The van der Waals surface area contributed by atoms with Crippen LogP contribution in [0.2, 0.25) is 0 Å². The lowest BCUT2D eigenvalue weighted by atomic mass is 10.1. The smallest absolute Gasteiger partial charge is 0.408 e. The molecule has 3 atom stereocenters. The van der Waals surface area contributed by atoms with Crippen molar-refractivity contribution in [3.63, 3.8) is 0 Å². The van der Waals surface area contributed by atoms with E-state index in [9.17, 15) is 27.6 Å². The standard InChI is InChI=1S/C25H28N4O7S/c1-2-7-19(27-25(33)36-16-17-8-4-3-5-9-17)23(31)28-13-11-20-22(28)21(30)15-29(20)37(34,35)24(32)18-10-6-12-26-14-18/h3-6,8-10,12,14,19-20,22H,2,7,11,13,15-16H2,1H3,(H,27,33). The summed E-state index contributed by atoms with van der Waals surface area (Å²) >= 11 is 0. The van der Waals surface area contributed by atoms with Crippen LogP contribution in [0, 0.1) is 0 Å². The molecular formula is C25H28N4O7S. The molecule has 4 rings (SSSR count). The lowest BCUT2D eigenvalue weighted by molar-refractivity contribution is -0.138. The summed E-state index contributed by atoms with van der Waals surface area (Å²) in [4.78, 5) is 56.5. The summed E-state index contributed by atoms with van der Waals surface area (Å²) in [5, 5.41) is 1.44. The molecule has 0 bridgehead atoms. The van der Waals surface area contributed by atoms with Crippen LogP contribution in [-0.4, -0.2) is 76.7 Å². The van der Waals surface area contributed by atoms with Crippen molar-refractivity contribution in [3.05, 3.63) is 66.0 Å². The molecule has 0 radical (unpaired) electrons. The van der Waals surface area contributed by atoms with Crippen molar-refractivity contribution in [3.8, 4) is 0 Å². The van der Waals surface area contributed by atoms with Gasteiger partial charge in [0, 0.05) is 18.9 Å². The number of likely N-dealkylation sites (tertiary alicyclic amines) is 1. The fourth-order valence-electron chi connectivity index (χ4n) is 4.73. The number of hydrogen-bond acceptors (Lipinski definition) is 8. The zero-order chi connectivity index (χ0) is 26.6. The van der Waals surface area contributed by atoms with E-state index in [-0.39, 0.29) is 25.1 Å². The minimum Gasteiger partial charge on any atom is -0.445 e. The van der Waals surface area contributed by atoms with Crippen molar-refractivity contribution in [2.45, 2.75) is 50.9 Å². The molecule has 196 valence electrons. The van der Waals surface area contributed by atoms with Gasteiger partial charge in [-0.3, -0.25) is 19.4 Å². The van der Waals surface area contributed by atoms with Crippen LogP contribution in [0.5, 0.6) is 0 Å². The van der Waals surface area contributed by atoms with E-state index in [4.69, 9.17) is 4.74 Å². The molecule has 2 saturated heterocycles. The number of amides is 2. The minimum absolute atomic E-state index is 0.0321. The van der Waals surface area contributed by atoms with Gasteiger partial charge in [0.05, 0.1) is 18.2 Å². The van der Waals surface area contributed by atoms with E-state index in [1.807, 2.05) is 25.1 Å². The number of carbonyl (C=O) groups excluding carboxylic acids is 4. The fraction of sp³-hybridized carbons (Fsp3) is 0.400. The highest BCUT2D eigenvalue weighted by Crippen LogP contribution is 2.33. The zero-order valence-electron chi connectivity index (χ0n) is 20.3. The number of pyridine rings is 1. The number of benzene rings is 1. The predicted octanol–water partition coefficient (Wildman–Crippen LogP) is 1.50. The minimum atomic E-state index is -4.51. The van der Waals surface area contributed by atoms with Crippen molar-refractivity contribution in [2.24, 2.45) is 0 Å². The molecule has 2 amide bonds. The van der Waals surface area contributed by atoms with Crippen LogP contribution in [0.25, 0.3) is 0 Å². The first kappa shape index (κ1) is 26.4. The number of aromatic nitrogens is 1. The summed E-state index contributed by atoms with van der Waals surface area (Å²) in [5.41, 5.74) is 0.683. The Balaban J connectivity index is 1.45. The summed E-state index contributed by atoms with van der Waals surface area (Å²) < 4.78 is 32.3. The van der Waals surface area contributed by atoms with Gasteiger partial charge in [-0.05, 0) is 30.5 Å². The third kappa shape index (κ3) is 5.54. The van der Waals surface area contributed by atoms with Gasteiger partial charge in [0.2, 0.25) is 5.91 Å². The molecule has 1 N–H and O–H groups in total. The molecule has 0 aliphatic carbocycles. The van der Waals surface area contributed by atoms with Gasteiger partial charge in [-0.1, -0.05) is 43.7 Å². The normalized spacial score (nSPS) is 20.4. The molecule has 11 nitrogen and oxygen atoms in total. The Labute approximate surface area is 214 Å². The Bertz CT molecular complexity index is 1270. The molecule has 2 aliphatic rings. The second-order valence-electron chi connectivity index (χ2n) is 8.93. The van der Waals surface area contributed by atoms with Crippen LogP contribution in [0.3, 0.4) is 0 Å². The number of ether oxygens (including phenoxy) is 1. The molecule has 12 heteroatoms. The maximum atomic E-state index is 13.4. The maximum Gasteiger partial charge on any atom is 0.408 e.